The lowest BCUT2D eigenvalue weighted by Crippen LogP contribution is -2.49. The molecule has 9 heteroatoms. The average Bonchev–Trinajstić information content (AvgIpc) is 3.15. The van der Waals surface area contributed by atoms with E-state index in [2.05, 4.69) is 10.6 Å². The maximum atomic E-state index is 12.1. The zero-order valence-corrected chi connectivity index (χ0v) is 15.0. The molecule has 2 rings (SSSR count). The minimum Gasteiger partial charge on any atom is -0.480 e. The molecule has 0 saturated carbocycles. The third kappa shape index (κ3) is 5.98. The number of carbonyl (C=O) groups is 4. The maximum Gasteiger partial charge on any atom is 0.408 e. The first-order valence-corrected chi connectivity index (χ1v) is 8.65. The second kappa shape index (κ2) is 9.56. The highest BCUT2D eigenvalue weighted by Crippen LogP contribution is 2.17. The van der Waals surface area contributed by atoms with Crippen LogP contribution in [-0.4, -0.2) is 59.1 Å². The molecule has 3 amide bonds. The molecule has 1 aliphatic rings. The molecular formula is C18H23N3O6. The van der Waals surface area contributed by atoms with Crippen molar-refractivity contribution in [2.75, 3.05) is 13.1 Å². The van der Waals surface area contributed by atoms with Gasteiger partial charge in [0.25, 0.3) is 0 Å². The summed E-state index contributed by atoms with van der Waals surface area (Å²) >= 11 is 0. The van der Waals surface area contributed by atoms with E-state index >= 15 is 0 Å². The monoisotopic (exact) mass is 377 g/mol. The lowest BCUT2D eigenvalue weighted by molar-refractivity contribution is -0.148. The zero-order valence-electron chi connectivity index (χ0n) is 15.0. The first kappa shape index (κ1) is 20.2. The molecule has 1 aromatic rings. The highest BCUT2D eigenvalue weighted by atomic mass is 16.5. The quantitative estimate of drug-likeness (QED) is 0.635. The van der Waals surface area contributed by atoms with Crippen molar-refractivity contribution in [3.8, 4) is 0 Å². The highest BCUT2D eigenvalue weighted by molar-refractivity contribution is 5.90. The second-order valence-electron chi connectivity index (χ2n) is 6.23. The molecule has 1 unspecified atom stereocenters. The van der Waals surface area contributed by atoms with Crippen LogP contribution in [0, 0.1) is 0 Å². The van der Waals surface area contributed by atoms with Gasteiger partial charge in [-0.25, -0.2) is 9.59 Å². The fourth-order valence-electron chi connectivity index (χ4n) is 2.75. The number of nitrogens with zero attached hydrogens (tertiary/aromatic N) is 1. The number of benzene rings is 1. The van der Waals surface area contributed by atoms with Gasteiger partial charge in [-0.1, -0.05) is 30.3 Å². The van der Waals surface area contributed by atoms with Gasteiger partial charge in [0.05, 0.1) is 6.54 Å². The number of carbonyl (C=O) groups excluding carboxylic acids is 3. The number of nitrogens with one attached hydrogen (secondary N) is 2. The summed E-state index contributed by atoms with van der Waals surface area (Å²) in [5.74, 6) is -2.08. The summed E-state index contributed by atoms with van der Waals surface area (Å²) in [7, 11) is 0. The van der Waals surface area contributed by atoms with Crippen molar-refractivity contribution in [1.29, 1.82) is 0 Å². The molecule has 27 heavy (non-hydrogen) atoms. The molecule has 1 aliphatic heterocycles. The van der Waals surface area contributed by atoms with E-state index in [1.807, 2.05) is 18.2 Å². The van der Waals surface area contributed by atoms with Gasteiger partial charge in [0.1, 0.15) is 18.7 Å². The number of ether oxygens (including phenoxy) is 1. The number of alkyl carbamates (subject to hydrolysis) is 1. The number of rotatable bonds is 7. The topological polar surface area (TPSA) is 125 Å². The van der Waals surface area contributed by atoms with Crippen LogP contribution in [0.4, 0.5) is 4.79 Å². The van der Waals surface area contributed by atoms with E-state index in [1.54, 1.807) is 12.1 Å². The Kier molecular flexibility index (Phi) is 7.16. The molecule has 0 bridgehead atoms. The first-order valence-electron chi connectivity index (χ1n) is 8.65. The summed E-state index contributed by atoms with van der Waals surface area (Å²) in [5.41, 5.74) is 0.814. The highest BCUT2D eigenvalue weighted by Gasteiger charge is 2.33. The van der Waals surface area contributed by atoms with E-state index in [-0.39, 0.29) is 13.2 Å². The Bertz CT molecular complexity index is 694. The summed E-state index contributed by atoms with van der Waals surface area (Å²) in [6.45, 7) is 1.56. The molecule has 2 atom stereocenters. The predicted octanol–water partition coefficient (Wildman–Crippen LogP) is 0.493. The summed E-state index contributed by atoms with van der Waals surface area (Å²) in [6.07, 6.45) is 0.264. The van der Waals surface area contributed by atoms with Gasteiger partial charge in [-0.05, 0) is 25.3 Å². The van der Waals surface area contributed by atoms with Crippen molar-refractivity contribution in [2.24, 2.45) is 0 Å². The Morgan fingerprint density at radius 1 is 1.26 bits per heavy atom. The lowest BCUT2D eigenvalue weighted by atomic mass is 10.2. The summed E-state index contributed by atoms with van der Waals surface area (Å²) in [5, 5.41) is 13.9. The van der Waals surface area contributed by atoms with E-state index in [4.69, 9.17) is 9.84 Å². The molecule has 0 aliphatic carbocycles. The predicted molar refractivity (Wildman–Crippen MR) is 94.6 cm³/mol. The summed E-state index contributed by atoms with van der Waals surface area (Å²) in [4.78, 5) is 48.2. The van der Waals surface area contributed by atoms with Gasteiger partial charge >= 0.3 is 12.1 Å². The van der Waals surface area contributed by atoms with Gasteiger partial charge in [-0.3, -0.25) is 9.59 Å². The normalized spacial score (nSPS) is 17.1. The summed E-state index contributed by atoms with van der Waals surface area (Å²) in [6, 6.07) is 7.33. The molecule has 0 radical (unpaired) electrons. The average molecular weight is 377 g/mol. The first-order chi connectivity index (χ1) is 12.9. The summed E-state index contributed by atoms with van der Waals surface area (Å²) < 4.78 is 5.03. The number of hydrogen-bond donors (Lipinski definition) is 3. The Morgan fingerprint density at radius 2 is 1.96 bits per heavy atom. The molecule has 1 fully saturated rings. The minimum atomic E-state index is -1.05. The molecule has 9 nitrogen and oxygen atoms in total. The van der Waals surface area contributed by atoms with Crippen LogP contribution >= 0.6 is 0 Å². The maximum absolute atomic E-state index is 12.1. The SMILES string of the molecule is CC(NC(=O)OCc1ccccc1)C(=O)NCC(=O)N1CCC[C@H]1C(=O)O. The van der Waals surface area contributed by atoms with E-state index in [0.717, 1.165) is 5.56 Å². The van der Waals surface area contributed by atoms with Crippen molar-refractivity contribution in [2.45, 2.75) is 38.5 Å². The molecule has 0 spiro atoms. The fourth-order valence-corrected chi connectivity index (χ4v) is 2.75. The number of carboxylic acids is 1. The molecule has 1 saturated heterocycles. The Labute approximate surface area is 156 Å². The lowest BCUT2D eigenvalue weighted by Gasteiger charge is -2.22. The number of hydrogen-bond acceptors (Lipinski definition) is 5. The van der Waals surface area contributed by atoms with Crippen molar-refractivity contribution in [1.82, 2.24) is 15.5 Å². The van der Waals surface area contributed by atoms with Crippen molar-refractivity contribution in [3.05, 3.63) is 35.9 Å². The van der Waals surface area contributed by atoms with Gasteiger partial charge in [0.2, 0.25) is 11.8 Å². The Balaban J connectivity index is 1.72. The van der Waals surface area contributed by atoms with Crippen LogP contribution in [0.3, 0.4) is 0 Å². The molecule has 1 aromatic carbocycles. The van der Waals surface area contributed by atoms with E-state index in [0.29, 0.717) is 19.4 Å². The van der Waals surface area contributed by atoms with Gasteiger partial charge in [0, 0.05) is 6.54 Å². The van der Waals surface area contributed by atoms with Gasteiger partial charge < -0.3 is 25.4 Å². The van der Waals surface area contributed by atoms with E-state index in [9.17, 15) is 19.2 Å². The largest absolute Gasteiger partial charge is 0.480 e. The van der Waals surface area contributed by atoms with Crippen LogP contribution in [0.2, 0.25) is 0 Å². The fraction of sp³-hybridized carbons (Fsp3) is 0.444. The standard InChI is InChI=1S/C18H23N3O6/c1-12(20-18(26)27-11-13-6-3-2-4-7-13)16(23)19-10-15(22)21-9-5-8-14(21)17(24)25/h2-4,6-7,12,14H,5,8-11H2,1H3,(H,19,23)(H,20,26)(H,24,25)/t12?,14-/m0/s1. The number of aliphatic carboxylic acids is 1. The van der Waals surface area contributed by atoms with Gasteiger partial charge in [-0.15, -0.1) is 0 Å². The smallest absolute Gasteiger partial charge is 0.408 e. The van der Waals surface area contributed by atoms with Crippen LogP contribution in [0.15, 0.2) is 30.3 Å². The Morgan fingerprint density at radius 3 is 2.63 bits per heavy atom. The van der Waals surface area contributed by atoms with Gasteiger partial charge in [-0.2, -0.15) is 0 Å². The number of likely N-dealkylation sites (tertiary alicyclic amines) is 1. The zero-order chi connectivity index (χ0) is 19.8. The number of carboxylic acid groups (broad SMARTS) is 1. The second-order valence-corrected chi connectivity index (χ2v) is 6.23. The van der Waals surface area contributed by atoms with Crippen LogP contribution in [0.25, 0.3) is 0 Å². The number of amides is 3. The van der Waals surface area contributed by atoms with Crippen LogP contribution < -0.4 is 10.6 Å². The third-order valence-corrected chi connectivity index (χ3v) is 4.21. The third-order valence-electron chi connectivity index (χ3n) is 4.21. The molecule has 3 N–H and O–H groups in total. The van der Waals surface area contributed by atoms with Crippen molar-refractivity contribution in [3.63, 3.8) is 0 Å². The Hall–Kier alpha value is -3.10. The van der Waals surface area contributed by atoms with Crippen LogP contribution in [0.1, 0.15) is 25.3 Å². The molecule has 0 aromatic heterocycles. The molecule has 1 heterocycles. The van der Waals surface area contributed by atoms with E-state index < -0.39 is 36.0 Å². The minimum absolute atomic E-state index is 0.0744. The van der Waals surface area contributed by atoms with Crippen molar-refractivity contribution >= 4 is 23.9 Å². The molecule has 146 valence electrons. The molecular weight excluding hydrogens is 354 g/mol. The van der Waals surface area contributed by atoms with Gasteiger partial charge in [0.15, 0.2) is 0 Å². The van der Waals surface area contributed by atoms with E-state index in [1.165, 1.54) is 11.8 Å². The van der Waals surface area contributed by atoms with Crippen LogP contribution in [-0.2, 0) is 25.7 Å². The van der Waals surface area contributed by atoms with Crippen LogP contribution in [0.5, 0.6) is 0 Å². The van der Waals surface area contributed by atoms with Crippen molar-refractivity contribution < 1.29 is 29.0 Å².